The number of carbonyl (C=O) groups excluding carboxylic acids is 1. The third kappa shape index (κ3) is 3.37. The average Bonchev–Trinajstić information content (AvgIpc) is 3.38. The van der Waals surface area contributed by atoms with Gasteiger partial charge in [-0.15, -0.1) is 0 Å². The first-order chi connectivity index (χ1) is 14.2. The molecule has 0 atom stereocenters. The van der Waals surface area contributed by atoms with Gasteiger partial charge in [-0.25, -0.2) is 4.68 Å². The van der Waals surface area contributed by atoms with Gasteiger partial charge < -0.3 is 4.90 Å². The topological polar surface area (TPSA) is 38.1 Å². The minimum absolute atomic E-state index is 0.112. The molecule has 1 saturated heterocycles. The monoisotopic (exact) mass is 385 g/mol. The van der Waals surface area contributed by atoms with Crippen LogP contribution < -0.4 is 0 Å². The molecule has 0 saturated carbocycles. The SMILES string of the molecule is Cc1ccc(-n2nc(C(=O)N3CCC(c4ccccc4)CC3)c3c2CCC3)cc1. The molecule has 3 aromatic rings. The van der Waals surface area contributed by atoms with Crippen LogP contribution in [0.4, 0.5) is 0 Å². The molecule has 0 spiro atoms. The molecule has 0 unspecified atom stereocenters. The minimum atomic E-state index is 0.112. The largest absolute Gasteiger partial charge is 0.337 e. The molecule has 0 N–H and O–H groups in total. The number of aromatic nitrogens is 2. The number of piperidine rings is 1. The van der Waals surface area contributed by atoms with Gasteiger partial charge in [0, 0.05) is 24.3 Å². The second-order valence-electron chi connectivity index (χ2n) is 8.35. The number of nitrogens with zero attached hydrogens (tertiary/aromatic N) is 3. The summed E-state index contributed by atoms with van der Waals surface area (Å²) in [6, 6.07) is 19.1. The van der Waals surface area contributed by atoms with Gasteiger partial charge in [0.1, 0.15) is 0 Å². The molecular weight excluding hydrogens is 358 g/mol. The van der Waals surface area contributed by atoms with E-state index < -0.39 is 0 Å². The van der Waals surface area contributed by atoms with Gasteiger partial charge in [0.15, 0.2) is 5.69 Å². The number of amides is 1. The Morgan fingerprint density at radius 3 is 2.41 bits per heavy atom. The van der Waals surface area contributed by atoms with Crippen LogP contribution in [-0.4, -0.2) is 33.7 Å². The molecule has 2 aliphatic rings. The van der Waals surface area contributed by atoms with Crippen molar-refractivity contribution in [1.82, 2.24) is 14.7 Å². The van der Waals surface area contributed by atoms with Crippen LogP contribution >= 0.6 is 0 Å². The lowest BCUT2D eigenvalue weighted by molar-refractivity contribution is 0.0705. The summed E-state index contributed by atoms with van der Waals surface area (Å²) in [5.41, 5.74) is 6.74. The summed E-state index contributed by atoms with van der Waals surface area (Å²) in [5, 5.41) is 4.81. The van der Waals surface area contributed by atoms with Crippen LogP contribution in [0.3, 0.4) is 0 Å². The highest BCUT2D eigenvalue weighted by Gasteiger charge is 2.31. The number of benzene rings is 2. The lowest BCUT2D eigenvalue weighted by atomic mass is 9.89. The summed E-state index contributed by atoms with van der Waals surface area (Å²) < 4.78 is 2.01. The third-order valence-corrected chi connectivity index (χ3v) is 6.46. The zero-order chi connectivity index (χ0) is 19.8. The second-order valence-corrected chi connectivity index (χ2v) is 8.35. The first-order valence-corrected chi connectivity index (χ1v) is 10.7. The van der Waals surface area contributed by atoms with Crippen molar-refractivity contribution in [2.24, 2.45) is 0 Å². The van der Waals surface area contributed by atoms with Crippen LogP contribution in [0.2, 0.25) is 0 Å². The molecule has 0 bridgehead atoms. The van der Waals surface area contributed by atoms with E-state index in [0.717, 1.165) is 50.9 Å². The number of hydrogen-bond donors (Lipinski definition) is 0. The maximum atomic E-state index is 13.4. The third-order valence-electron chi connectivity index (χ3n) is 6.46. The Bertz CT molecular complexity index is 1010. The Balaban J connectivity index is 1.37. The summed E-state index contributed by atoms with van der Waals surface area (Å²) in [6.07, 6.45) is 5.12. The van der Waals surface area contributed by atoms with Gasteiger partial charge in [-0.2, -0.15) is 5.10 Å². The van der Waals surface area contributed by atoms with Gasteiger partial charge >= 0.3 is 0 Å². The molecule has 1 fully saturated rings. The fraction of sp³-hybridized carbons (Fsp3) is 0.360. The Morgan fingerprint density at radius 2 is 1.69 bits per heavy atom. The molecule has 1 aromatic heterocycles. The van der Waals surface area contributed by atoms with Crippen molar-refractivity contribution in [1.29, 1.82) is 0 Å². The number of hydrogen-bond acceptors (Lipinski definition) is 2. The molecule has 5 rings (SSSR count). The highest BCUT2D eigenvalue weighted by Crippen LogP contribution is 2.31. The first kappa shape index (κ1) is 18.2. The smallest absolute Gasteiger partial charge is 0.274 e. The maximum Gasteiger partial charge on any atom is 0.274 e. The standard InChI is InChI=1S/C25H27N3O/c1-18-10-12-21(13-11-18)28-23-9-5-8-22(23)24(26-28)25(29)27-16-14-20(15-17-27)19-6-3-2-4-7-19/h2-4,6-7,10-13,20H,5,8-9,14-17H2,1H3. The maximum absolute atomic E-state index is 13.4. The lowest BCUT2D eigenvalue weighted by Gasteiger charge is -2.32. The van der Waals surface area contributed by atoms with E-state index in [1.165, 1.54) is 22.4 Å². The van der Waals surface area contributed by atoms with E-state index in [1.54, 1.807) is 0 Å². The summed E-state index contributed by atoms with van der Waals surface area (Å²) in [4.78, 5) is 15.4. The van der Waals surface area contributed by atoms with Gasteiger partial charge in [-0.1, -0.05) is 48.0 Å². The van der Waals surface area contributed by atoms with Crippen molar-refractivity contribution < 1.29 is 4.79 Å². The normalized spacial score (nSPS) is 16.8. The van der Waals surface area contributed by atoms with Crippen LogP contribution in [0.15, 0.2) is 54.6 Å². The zero-order valence-electron chi connectivity index (χ0n) is 17.0. The zero-order valence-corrected chi connectivity index (χ0v) is 17.0. The number of fused-ring (bicyclic) bond motifs is 1. The summed E-state index contributed by atoms with van der Waals surface area (Å²) in [5.74, 6) is 0.664. The highest BCUT2D eigenvalue weighted by molar-refractivity contribution is 5.94. The Kier molecular flexibility index (Phi) is 4.70. The number of rotatable bonds is 3. The molecule has 4 nitrogen and oxygen atoms in total. The van der Waals surface area contributed by atoms with E-state index in [4.69, 9.17) is 5.10 Å². The Morgan fingerprint density at radius 1 is 0.966 bits per heavy atom. The van der Waals surface area contributed by atoms with Crippen molar-refractivity contribution in [2.75, 3.05) is 13.1 Å². The van der Waals surface area contributed by atoms with Gasteiger partial charge in [0.25, 0.3) is 5.91 Å². The van der Waals surface area contributed by atoms with E-state index in [0.29, 0.717) is 11.6 Å². The quantitative estimate of drug-likeness (QED) is 0.656. The molecule has 1 amide bonds. The molecule has 4 heteroatoms. The lowest BCUT2D eigenvalue weighted by Crippen LogP contribution is -2.38. The summed E-state index contributed by atoms with van der Waals surface area (Å²) in [6.45, 7) is 3.71. The predicted molar refractivity (Wildman–Crippen MR) is 115 cm³/mol. The van der Waals surface area contributed by atoms with Gasteiger partial charge in [-0.05, 0) is 62.6 Å². The molecule has 1 aliphatic carbocycles. The molecule has 2 aromatic carbocycles. The van der Waals surface area contributed by atoms with Crippen molar-refractivity contribution in [3.8, 4) is 5.69 Å². The van der Waals surface area contributed by atoms with E-state index in [-0.39, 0.29) is 5.91 Å². The van der Waals surface area contributed by atoms with Crippen molar-refractivity contribution in [3.05, 3.63) is 82.7 Å². The molecule has 1 aliphatic heterocycles. The van der Waals surface area contributed by atoms with Gasteiger partial charge in [0.05, 0.1) is 5.69 Å². The molecule has 2 heterocycles. The van der Waals surface area contributed by atoms with E-state index >= 15 is 0 Å². The van der Waals surface area contributed by atoms with Crippen LogP contribution in [0.1, 0.15) is 58.1 Å². The molecule has 148 valence electrons. The van der Waals surface area contributed by atoms with Crippen LogP contribution in [-0.2, 0) is 12.8 Å². The molecule has 0 radical (unpaired) electrons. The Hall–Kier alpha value is -2.88. The molecule has 29 heavy (non-hydrogen) atoms. The van der Waals surface area contributed by atoms with E-state index in [2.05, 4.69) is 61.5 Å². The fourth-order valence-electron chi connectivity index (χ4n) is 4.80. The van der Waals surface area contributed by atoms with Gasteiger partial charge in [-0.3, -0.25) is 4.79 Å². The second kappa shape index (κ2) is 7.51. The molecular formula is C25H27N3O. The van der Waals surface area contributed by atoms with Crippen molar-refractivity contribution in [2.45, 2.75) is 44.9 Å². The first-order valence-electron chi connectivity index (χ1n) is 10.7. The van der Waals surface area contributed by atoms with E-state index in [9.17, 15) is 4.79 Å². The number of aryl methyl sites for hydroxylation is 1. The van der Waals surface area contributed by atoms with Crippen LogP contribution in [0.25, 0.3) is 5.69 Å². The van der Waals surface area contributed by atoms with Crippen LogP contribution in [0.5, 0.6) is 0 Å². The summed E-state index contributed by atoms with van der Waals surface area (Å²) >= 11 is 0. The van der Waals surface area contributed by atoms with Crippen LogP contribution in [0, 0.1) is 6.92 Å². The Labute approximate surface area is 172 Å². The van der Waals surface area contributed by atoms with E-state index in [1.807, 2.05) is 9.58 Å². The summed E-state index contributed by atoms with van der Waals surface area (Å²) in [7, 11) is 0. The number of carbonyl (C=O) groups is 1. The minimum Gasteiger partial charge on any atom is -0.337 e. The predicted octanol–water partition coefficient (Wildman–Crippen LogP) is 4.69. The van der Waals surface area contributed by atoms with Crippen molar-refractivity contribution >= 4 is 5.91 Å². The van der Waals surface area contributed by atoms with Gasteiger partial charge in [0.2, 0.25) is 0 Å². The number of likely N-dealkylation sites (tertiary alicyclic amines) is 1. The van der Waals surface area contributed by atoms with Crippen molar-refractivity contribution in [3.63, 3.8) is 0 Å². The highest BCUT2D eigenvalue weighted by atomic mass is 16.2. The average molecular weight is 386 g/mol. The fourth-order valence-corrected chi connectivity index (χ4v) is 4.80.